The molecule has 0 aliphatic heterocycles. The molecule has 0 saturated carbocycles. The first-order chi connectivity index (χ1) is 8.28. The van der Waals surface area contributed by atoms with Gasteiger partial charge in [-0.25, -0.2) is 4.39 Å². The second kappa shape index (κ2) is 3.55. The second-order valence-corrected chi connectivity index (χ2v) is 3.58. The van der Waals surface area contributed by atoms with Crippen LogP contribution in [0.2, 0.25) is 0 Å². The van der Waals surface area contributed by atoms with Crippen molar-refractivity contribution in [2.24, 2.45) is 0 Å². The SMILES string of the molecule is O=Cc1ccc(-c2n[nH]c3ccc(F)cc23)o1. The molecule has 3 aromatic rings. The lowest BCUT2D eigenvalue weighted by atomic mass is 10.2. The maximum Gasteiger partial charge on any atom is 0.185 e. The molecule has 84 valence electrons. The first-order valence-corrected chi connectivity index (χ1v) is 4.97. The van der Waals surface area contributed by atoms with E-state index in [1.54, 1.807) is 18.2 Å². The van der Waals surface area contributed by atoms with E-state index in [4.69, 9.17) is 4.42 Å². The van der Waals surface area contributed by atoms with E-state index in [9.17, 15) is 9.18 Å². The molecule has 4 nitrogen and oxygen atoms in total. The molecule has 17 heavy (non-hydrogen) atoms. The van der Waals surface area contributed by atoms with Gasteiger partial charge in [-0.15, -0.1) is 0 Å². The van der Waals surface area contributed by atoms with Gasteiger partial charge in [-0.2, -0.15) is 5.10 Å². The zero-order valence-electron chi connectivity index (χ0n) is 8.61. The van der Waals surface area contributed by atoms with E-state index >= 15 is 0 Å². The summed E-state index contributed by atoms with van der Waals surface area (Å²) in [5.41, 5.74) is 1.21. The Hall–Kier alpha value is -2.43. The minimum atomic E-state index is -0.345. The molecule has 2 aromatic heterocycles. The Bertz CT molecular complexity index is 699. The van der Waals surface area contributed by atoms with Crippen molar-refractivity contribution in [1.29, 1.82) is 0 Å². The maximum atomic E-state index is 13.2. The van der Waals surface area contributed by atoms with Gasteiger partial charge in [0, 0.05) is 5.39 Å². The molecular weight excluding hydrogens is 223 g/mol. The zero-order valence-corrected chi connectivity index (χ0v) is 8.61. The molecule has 0 bridgehead atoms. The third kappa shape index (κ3) is 1.52. The number of aromatic nitrogens is 2. The number of carbonyl (C=O) groups is 1. The Kier molecular flexibility index (Phi) is 2.04. The van der Waals surface area contributed by atoms with Gasteiger partial charge >= 0.3 is 0 Å². The van der Waals surface area contributed by atoms with Crippen LogP contribution in [-0.2, 0) is 0 Å². The number of aromatic amines is 1. The van der Waals surface area contributed by atoms with Crippen molar-refractivity contribution >= 4 is 17.2 Å². The number of nitrogens with one attached hydrogen (secondary N) is 1. The summed E-state index contributed by atoms with van der Waals surface area (Å²) in [5, 5.41) is 7.45. The van der Waals surface area contributed by atoms with Crippen LogP contribution in [0, 0.1) is 5.82 Å². The van der Waals surface area contributed by atoms with Crippen molar-refractivity contribution in [2.75, 3.05) is 0 Å². The summed E-state index contributed by atoms with van der Waals surface area (Å²) in [6.45, 7) is 0. The van der Waals surface area contributed by atoms with Crippen molar-refractivity contribution in [2.45, 2.75) is 0 Å². The van der Waals surface area contributed by atoms with E-state index in [2.05, 4.69) is 10.2 Å². The number of halogens is 1. The van der Waals surface area contributed by atoms with Crippen LogP contribution in [0.4, 0.5) is 4.39 Å². The van der Waals surface area contributed by atoms with Crippen LogP contribution in [0.15, 0.2) is 34.7 Å². The lowest BCUT2D eigenvalue weighted by Gasteiger charge is -1.92. The maximum absolute atomic E-state index is 13.2. The number of H-pyrrole nitrogens is 1. The average molecular weight is 230 g/mol. The van der Waals surface area contributed by atoms with Gasteiger partial charge in [-0.3, -0.25) is 9.89 Å². The van der Waals surface area contributed by atoms with Crippen LogP contribution in [0.3, 0.4) is 0 Å². The second-order valence-electron chi connectivity index (χ2n) is 3.58. The molecule has 0 saturated heterocycles. The molecule has 0 fully saturated rings. The topological polar surface area (TPSA) is 58.9 Å². The Morgan fingerprint density at radius 1 is 1.29 bits per heavy atom. The molecule has 1 N–H and O–H groups in total. The number of furan rings is 1. The highest BCUT2D eigenvalue weighted by Gasteiger charge is 2.12. The Labute approximate surface area is 95.1 Å². The van der Waals surface area contributed by atoms with E-state index < -0.39 is 0 Å². The number of carbonyl (C=O) groups excluding carboxylic acids is 1. The van der Waals surface area contributed by atoms with Crippen molar-refractivity contribution in [1.82, 2.24) is 10.2 Å². The number of aldehydes is 1. The van der Waals surface area contributed by atoms with Crippen LogP contribution < -0.4 is 0 Å². The molecule has 5 heteroatoms. The van der Waals surface area contributed by atoms with Gasteiger partial charge in [0.15, 0.2) is 17.8 Å². The fourth-order valence-corrected chi connectivity index (χ4v) is 1.72. The highest BCUT2D eigenvalue weighted by molar-refractivity contribution is 5.91. The van der Waals surface area contributed by atoms with Gasteiger partial charge in [-0.05, 0) is 30.3 Å². The number of fused-ring (bicyclic) bond motifs is 1. The summed E-state index contributed by atoms with van der Waals surface area (Å²) in [6.07, 6.45) is 0.610. The number of nitrogens with zero attached hydrogens (tertiary/aromatic N) is 1. The first-order valence-electron chi connectivity index (χ1n) is 4.97. The van der Waals surface area contributed by atoms with E-state index in [-0.39, 0.29) is 11.6 Å². The largest absolute Gasteiger partial charge is 0.452 e. The van der Waals surface area contributed by atoms with Gasteiger partial charge in [0.2, 0.25) is 0 Å². The lowest BCUT2D eigenvalue weighted by molar-refractivity contribution is 0.110. The molecule has 1 aromatic carbocycles. The Morgan fingerprint density at radius 2 is 2.18 bits per heavy atom. The van der Waals surface area contributed by atoms with Gasteiger partial charge in [0.1, 0.15) is 11.5 Å². The lowest BCUT2D eigenvalue weighted by Crippen LogP contribution is -1.76. The first kappa shape index (κ1) is 9.77. The van der Waals surface area contributed by atoms with Crippen molar-refractivity contribution < 1.29 is 13.6 Å². The number of hydrogen-bond donors (Lipinski definition) is 1. The predicted molar refractivity (Wildman–Crippen MR) is 59.1 cm³/mol. The molecule has 0 radical (unpaired) electrons. The zero-order chi connectivity index (χ0) is 11.8. The standard InChI is InChI=1S/C12H7FN2O2/c13-7-1-3-10-9(5-7)12(15-14-10)11-4-2-8(6-16)17-11/h1-6H,(H,14,15). The summed E-state index contributed by atoms with van der Waals surface area (Å²) in [4.78, 5) is 10.5. The quantitative estimate of drug-likeness (QED) is 0.688. The fourth-order valence-electron chi connectivity index (χ4n) is 1.72. The van der Waals surface area contributed by atoms with Crippen LogP contribution in [-0.4, -0.2) is 16.5 Å². The van der Waals surface area contributed by atoms with Crippen LogP contribution in [0.5, 0.6) is 0 Å². The van der Waals surface area contributed by atoms with Crippen LogP contribution >= 0.6 is 0 Å². The normalized spacial score (nSPS) is 10.9. The number of benzene rings is 1. The predicted octanol–water partition coefficient (Wildman–Crippen LogP) is 2.77. The minimum Gasteiger partial charge on any atom is -0.452 e. The van der Waals surface area contributed by atoms with Gasteiger partial charge in [0.05, 0.1) is 5.52 Å². The van der Waals surface area contributed by atoms with E-state index in [0.717, 1.165) is 0 Å². The molecule has 2 heterocycles. The molecule has 0 aliphatic rings. The molecule has 0 amide bonds. The number of hydrogen-bond acceptors (Lipinski definition) is 3. The molecular formula is C12H7FN2O2. The molecule has 0 unspecified atom stereocenters. The summed E-state index contributed by atoms with van der Waals surface area (Å²) in [6, 6.07) is 7.50. The highest BCUT2D eigenvalue weighted by Crippen LogP contribution is 2.27. The van der Waals surface area contributed by atoms with Crippen molar-refractivity contribution in [3.05, 3.63) is 41.9 Å². The minimum absolute atomic E-state index is 0.215. The molecule has 3 rings (SSSR count). The Balaban J connectivity index is 2.22. The highest BCUT2D eigenvalue weighted by atomic mass is 19.1. The smallest absolute Gasteiger partial charge is 0.185 e. The number of rotatable bonds is 2. The summed E-state index contributed by atoms with van der Waals surface area (Å²) in [7, 11) is 0. The third-order valence-electron chi connectivity index (χ3n) is 2.50. The fraction of sp³-hybridized carbons (Fsp3) is 0. The molecule has 0 aliphatic carbocycles. The average Bonchev–Trinajstić information content (AvgIpc) is 2.93. The third-order valence-corrected chi connectivity index (χ3v) is 2.50. The summed E-state index contributed by atoms with van der Waals surface area (Å²) in [5.74, 6) is 0.304. The van der Waals surface area contributed by atoms with Gasteiger partial charge < -0.3 is 4.42 Å². The summed E-state index contributed by atoms with van der Waals surface area (Å²) >= 11 is 0. The van der Waals surface area contributed by atoms with Gasteiger partial charge in [-0.1, -0.05) is 0 Å². The molecule has 0 spiro atoms. The van der Waals surface area contributed by atoms with Crippen LogP contribution in [0.25, 0.3) is 22.4 Å². The van der Waals surface area contributed by atoms with E-state index in [1.165, 1.54) is 12.1 Å². The van der Waals surface area contributed by atoms with Crippen molar-refractivity contribution in [3.8, 4) is 11.5 Å². The van der Waals surface area contributed by atoms with E-state index in [0.29, 0.717) is 28.6 Å². The monoisotopic (exact) mass is 230 g/mol. The summed E-state index contributed by atoms with van der Waals surface area (Å²) < 4.78 is 18.4. The molecule has 0 atom stereocenters. The van der Waals surface area contributed by atoms with Gasteiger partial charge in [0.25, 0.3) is 0 Å². The van der Waals surface area contributed by atoms with Crippen LogP contribution in [0.1, 0.15) is 10.6 Å². The van der Waals surface area contributed by atoms with Crippen molar-refractivity contribution in [3.63, 3.8) is 0 Å². The van der Waals surface area contributed by atoms with E-state index in [1.807, 2.05) is 0 Å². The Morgan fingerprint density at radius 3 is 2.94 bits per heavy atom.